The van der Waals surface area contributed by atoms with E-state index in [0.29, 0.717) is 31.7 Å². The summed E-state index contributed by atoms with van der Waals surface area (Å²) in [5.41, 5.74) is 2.39. The summed E-state index contributed by atoms with van der Waals surface area (Å²) in [7, 11) is 1.67. The third kappa shape index (κ3) is 12.4. The Hall–Kier alpha value is -1.27. The number of hydrogen-bond acceptors (Lipinski definition) is 5. The molecule has 0 fully saturated rings. The molecule has 30 heavy (non-hydrogen) atoms. The highest BCUT2D eigenvalue weighted by Gasteiger charge is 2.15. The second-order valence-corrected chi connectivity index (χ2v) is 8.79. The Morgan fingerprint density at radius 3 is 2.57 bits per heavy atom. The zero-order valence-corrected chi connectivity index (χ0v) is 20.0. The van der Waals surface area contributed by atoms with E-state index < -0.39 is 0 Å². The van der Waals surface area contributed by atoms with E-state index in [4.69, 9.17) is 14.2 Å². The Kier molecular flexibility index (Phi) is 14.7. The molecule has 0 radical (unpaired) electrons. The lowest BCUT2D eigenvalue weighted by atomic mass is 9.92. The molecule has 170 valence electrons. The summed E-state index contributed by atoms with van der Waals surface area (Å²) in [5.74, 6) is 2.23. The molecule has 0 amide bonds. The molecule has 3 atom stereocenters. The summed E-state index contributed by atoms with van der Waals surface area (Å²) < 4.78 is 16.5. The first-order valence-corrected chi connectivity index (χ1v) is 12.1. The first-order valence-electron chi connectivity index (χ1n) is 10.7. The zero-order chi connectivity index (χ0) is 22.2. The maximum Gasteiger partial charge on any atom is 0.118 e. The van der Waals surface area contributed by atoms with Crippen LogP contribution >= 0.6 is 11.8 Å². The van der Waals surface area contributed by atoms with Crippen molar-refractivity contribution in [1.82, 2.24) is 0 Å². The molecule has 0 aliphatic carbocycles. The summed E-state index contributed by atoms with van der Waals surface area (Å²) in [5, 5.41) is 10.4. The smallest absolute Gasteiger partial charge is 0.118 e. The van der Waals surface area contributed by atoms with E-state index in [2.05, 4.69) is 26.5 Å². The van der Waals surface area contributed by atoms with Crippen LogP contribution in [0.2, 0.25) is 0 Å². The summed E-state index contributed by atoms with van der Waals surface area (Å²) >= 11 is 1.66. The standard InChI is InChI=1S/C25H40O4S/c1-6-22(17-29-19-30-5)15-24(26)14-20(2)8-7-9-21(3)16-28-18-23-10-12-25(27-4)13-11-23/h6,9-13,20,22,24,26H,1,7-8,14-19H2,2-5H3/b21-9+/t20-,22?,24?/m1/s1. The van der Waals surface area contributed by atoms with Crippen LogP contribution in [0, 0.1) is 11.8 Å². The largest absolute Gasteiger partial charge is 0.497 e. The van der Waals surface area contributed by atoms with Crippen molar-refractivity contribution in [3.8, 4) is 5.75 Å². The zero-order valence-electron chi connectivity index (χ0n) is 19.1. The molecule has 0 heterocycles. The molecule has 4 nitrogen and oxygen atoms in total. The van der Waals surface area contributed by atoms with Crippen molar-refractivity contribution in [3.05, 3.63) is 54.1 Å². The van der Waals surface area contributed by atoms with Crippen molar-refractivity contribution in [2.75, 3.05) is 32.5 Å². The molecule has 0 aliphatic heterocycles. The number of hydrogen-bond donors (Lipinski definition) is 1. The average molecular weight is 437 g/mol. The Morgan fingerprint density at radius 1 is 1.20 bits per heavy atom. The molecule has 0 saturated carbocycles. The Bertz CT molecular complexity index is 600. The van der Waals surface area contributed by atoms with Gasteiger partial charge in [0.15, 0.2) is 0 Å². The van der Waals surface area contributed by atoms with Crippen LogP contribution in [0.5, 0.6) is 5.75 Å². The van der Waals surface area contributed by atoms with E-state index in [1.54, 1.807) is 18.9 Å². The lowest BCUT2D eigenvalue weighted by molar-refractivity contribution is 0.0906. The summed E-state index contributed by atoms with van der Waals surface area (Å²) in [4.78, 5) is 0. The number of benzene rings is 1. The molecular formula is C25H40O4S. The second kappa shape index (κ2) is 16.4. The van der Waals surface area contributed by atoms with Crippen molar-refractivity contribution in [2.24, 2.45) is 11.8 Å². The number of methoxy groups -OCH3 is 1. The van der Waals surface area contributed by atoms with E-state index in [-0.39, 0.29) is 12.0 Å². The lowest BCUT2D eigenvalue weighted by Gasteiger charge is -2.20. The van der Waals surface area contributed by atoms with Crippen molar-refractivity contribution in [3.63, 3.8) is 0 Å². The van der Waals surface area contributed by atoms with Gasteiger partial charge >= 0.3 is 0 Å². The fourth-order valence-corrected chi connectivity index (χ4v) is 3.53. The number of allylic oxidation sites excluding steroid dienone is 1. The molecule has 0 aromatic heterocycles. The van der Waals surface area contributed by atoms with Gasteiger partial charge in [-0.15, -0.1) is 18.3 Å². The number of ether oxygens (including phenoxy) is 3. The van der Waals surface area contributed by atoms with E-state index in [9.17, 15) is 5.11 Å². The van der Waals surface area contributed by atoms with Gasteiger partial charge in [-0.1, -0.05) is 36.8 Å². The van der Waals surface area contributed by atoms with Crippen LogP contribution in [0.1, 0.15) is 45.1 Å². The van der Waals surface area contributed by atoms with Gasteiger partial charge in [-0.2, -0.15) is 0 Å². The molecule has 1 aromatic rings. The van der Waals surface area contributed by atoms with Gasteiger partial charge in [0.05, 0.1) is 39.0 Å². The Balaban J connectivity index is 2.21. The number of rotatable bonds is 17. The molecule has 0 aliphatic rings. The van der Waals surface area contributed by atoms with Crippen molar-refractivity contribution in [1.29, 1.82) is 0 Å². The molecule has 1 N–H and O–H groups in total. The van der Waals surface area contributed by atoms with E-state index >= 15 is 0 Å². The van der Waals surface area contributed by atoms with Crippen LogP contribution < -0.4 is 4.74 Å². The van der Waals surface area contributed by atoms with Crippen LogP contribution in [0.15, 0.2) is 48.6 Å². The predicted molar refractivity (Wildman–Crippen MR) is 128 cm³/mol. The number of aliphatic hydroxyl groups is 1. The summed E-state index contributed by atoms with van der Waals surface area (Å²) in [6.07, 6.45) is 9.46. The van der Waals surface area contributed by atoms with Crippen LogP contribution in [-0.4, -0.2) is 43.7 Å². The molecule has 0 saturated heterocycles. The van der Waals surface area contributed by atoms with Crippen LogP contribution in [0.3, 0.4) is 0 Å². The highest BCUT2D eigenvalue weighted by Crippen LogP contribution is 2.19. The molecule has 2 unspecified atom stereocenters. The average Bonchev–Trinajstić information content (AvgIpc) is 2.73. The minimum Gasteiger partial charge on any atom is -0.497 e. The van der Waals surface area contributed by atoms with Gasteiger partial charge in [0, 0.05) is 5.92 Å². The molecule has 0 bridgehead atoms. The van der Waals surface area contributed by atoms with Crippen LogP contribution in [0.25, 0.3) is 0 Å². The van der Waals surface area contributed by atoms with Gasteiger partial charge in [-0.25, -0.2) is 0 Å². The summed E-state index contributed by atoms with van der Waals surface area (Å²) in [6.45, 7) is 10.1. The molecule has 1 rings (SSSR count). The van der Waals surface area contributed by atoms with Crippen molar-refractivity contribution >= 4 is 11.8 Å². The highest BCUT2D eigenvalue weighted by molar-refractivity contribution is 7.98. The van der Waals surface area contributed by atoms with Gasteiger partial charge < -0.3 is 19.3 Å². The maximum absolute atomic E-state index is 10.4. The van der Waals surface area contributed by atoms with Crippen LogP contribution in [0.4, 0.5) is 0 Å². The third-order valence-corrected chi connectivity index (χ3v) is 5.43. The SMILES string of the molecule is C=CC(COCSC)CC(O)C[C@H](C)CC/C=C(\C)COCc1ccc(OC)cc1. The molecule has 0 spiro atoms. The number of thioether (sulfide) groups is 1. The predicted octanol–water partition coefficient (Wildman–Crippen LogP) is 5.85. The first-order chi connectivity index (χ1) is 14.5. The van der Waals surface area contributed by atoms with Crippen molar-refractivity contribution in [2.45, 2.75) is 52.2 Å². The monoisotopic (exact) mass is 436 g/mol. The van der Waals surface area contributed by atoms with E-state index in [1.807, 2.05) is 36.6 Å². The van der Waals surface area contributed by atoms with Gasteiger partial charge in [0.2, 0.25) is 0 Å². The normalized spacial score (nSPS) is 14.9. The van der Waals surface area contributed by atoms with Crippen molar-refractivity contribution < 1.29 is 19.3 Å². The minimum absolute atomic E-state index is 0.212. The Labute approximate surface area is 187 Å². The van der Waals surface area contributed by atoms with E-state index in [0.717, 1.165) is 37.0 Å². The topological polar surface area (TPSA) is 47.9 Å². The molecule has 5 heteroatoms. The maximum atomic E-state index is 10.4. The Morgan fingerprint density at radius 2 is 1.93 bits per heavy atom. The quantitative estimate of drug-likeness (QED) is 0.188. The highest BCUT2D eigenvalue weighted by atomic mass is 32.2. The van der Waals surface area contributed by atoms with E-state index in [1.165, 1.54) is 5.57 Å². The van der Waals surface area contributed by atoms with Gasteiger partial charge in [0.25, 0.3) is 0 Å². The third-order valence-electron chi connectivity index (χ3n) is 5.03. The summed E-state index contributed by atoms with van der Waals surface area (Å²) in [6, 6.07) is 7.95. The van der Waals surface area contributed by atoms with Crippen LogP contribution in [-0.2, 0) is 16.1 Å². The minimum atomic E-state index is -0.307. The lowest BCUT2D eigenvalue weighted by Crippen LogP contribution is -2.18. The second-order valence-electron chi connectivity index (χ2n) is 7.97. The fourth-order valence-electron chi connectivity index (χ4n) is 3.27. The number of aliphatic hydroxyl groups excluding tert-OH is 1. The van der Waals surface area contributed by atoms with Gasteiger partial charge in [-0.3, -0.25) is 0 Å². The van der Waals surface area contributed by atoms with Gasteiger partial charge in [0.1, 0.15) is 5.75 Å². The molecule has 1 aromatic carbocycles. The fraction of sp³-hybridized carbons (Fsp3) is 0.600. The van der Waals surface area contributed by atoms with Gasteiger partial charge in [-0.05, 0) is 62.5 Å². The molecular weight excluding hydrogens is 396 g/mol. The first kappa shape index (κ1) is 26.8.